The zero-order valence-electron chi connectivity index (χ0n) is 12.3. The van der Waals surface area contributed by atoms with Crippen molar-refractivity contribution < 1.29 is 4.79 Å². The maximum atomic E-state index is 12.3. The van der Waals surface area contributed by atoms with E-state index in [9.17, 15) is 4.79 Å². The summed E-state index contributed by atoms with van der Waals surface area (Å²) in [7, 11) is 0. The van der Waals surface area contributed by atoms with Gasteiger partial charge in [-0.05, 0) is 29.2 Å². The van der Waals surface area contributed by atoms with Crippen molar-refractivity contribution in [3.05, 3.63) is 48.0 Å². The first-order valence-electron chi connectivity index (χ1n) is 7.70. The van der Waals surface area contributed by atoms with Gasteiger partial charge in [-0.25, -0.2) is 0 Å². The minimum Gasteiger partial charge on any atom is -0.349 e. The molecular formula is C18H22N2O. The largest absolute Gasteiger partial charge is 0.349 e. The van der Waals surface area contributed by atoms with Crippen LogP contribution in [0.5, 0.6) is 0 Å². The van der Waals surface area contributed by atoms with Crippen LogP contribution < -0.4 is 11.1 Å². The molecule has 21 heavy (non-hydrogen) atoms. The van der Waals surface area contributed by atoms with Gasteiger partial charge in [0.05, 0.1) is 12.0 Å². The number of benzene rings is 2. The van der Waals surface area contributed by atoms with Gasteiger partial charge >= 0.3 is 0 Å². The van der Waals surface area contributed by atoms with Gasteiger partial charge in [-0.2, -0.15) is 0 Å². The molecule has 110 valence electrons. The molecule has 3 heteroatoms. The lowest BCUT2D eigenvalue weighted by Gasteiger charge is -2.28. The average Bonchev–Trinajstić information content (AvgIpc) is 2.96. The zero-order valence-corrected chi connectivity index (χ0v) is 12.3. The first-order chi connectivity index (χ1) is 10.2. The van der Waals surface area contributed by atoms with E-state index in [-0.39, 0.29) is 11.4 Å². The number of fused-ring (bicyclic) bond motifs is 1. The SMILES string of the molecule is NCC1(NC(=O)Cc2ccc3ccccc3c2)CCCC1. The molecular weight excluding hydrogens is 260 g/mol. The Bertz CT molecular complexity index is 644. The van der Waals surface area contributed by atoms with Crippen molar-refractivity contribution in [2.45, 2.75) is 37.6 Å². The molecule has 0 heterocycles. The number of rotatable bonds is 4. The van der Waals surface area contributed by atoms with E-state index in [1.54, 1.807) is 0 Å². The van der Waals surface area contributed by atoms with Crippen LogP contribution in [-0.4, -0.2) is 18.0 Å². The van der Waals surface area contributed by atoms with Crippen LogP contribution in [-0.2, 0) is 11.2 Å². The lowest BCUT2D eigenvalue weighted by molar-refractivity contribution is -0.122. The minimum absolute atomic E-state index is 0.0811. The number of carbonyl (C=O) groups excluding carboxylic acids is 1. The van der Waals surface area contributed by atoms with Crippen molar-refractivity contribution in [2.75, 3.05) is 6.54 Å². The third-order valence-corrected chi connectivity index (χ3v) is 4.53. The fraction of sp³-hybridized carbons (Fsp3) is 0.389. The maximum Gasteiger partial charge on any atom is 0.224 e. The first-order valence-corrected chi connectivity index (χ1v) is 7.70. The van der Waals surface area contributed by atoms with Crippen LogP contribution in [0.3, 0.4) is 0 Å². The lowest BCUT2D eigenvalue weighted by atomic mass is 9.97. The summed E-state index contributed by atoms with van der Waals surface area (Å²) in [5.41, 5.74) is 6.76. The highest BCUT2D eigenvalue weighted by molar-refractivity contribution is 5.85. The van der Waals surface area contributed by atoms with E-state index in [1.807, 2.05) is 18.2 Å². The molecule has 1 amide bonds. The molecule has 2 aromatic carbocycles. The monoisotopic (exact) mass is 282 g/mol. The second-order valence-corrected chi connectivity index (χ2v) is 6.10. The fourth-order valence-corrected chi connectivity index (χ4v) is 3.31. The van der Waals surface area contributed by atoms with E-state index in [1.165, 1.54) is 10.8 Å². The summed E-state index contributed by atoms with van der Waals surface area (Å²) in [6, 6.07) is 14.4. The van der Waals surface area contributed by atoms with Crippen molar-refractivity contribution in [1.82, 2.24) is 5.32 Å². The summed E-state index contributed by atoms with van der Waals surface area (Å²) >= 11 is 0. The third kappa shape index (κ3) is 3.08. The highest BCUT2D eigenvalue weighted by Crippen LogP contribution is 2.28. The molecule has 0 spiro atoms. The van der Waals surface area contributed by atoms with E-state index in [0.29, 0.717) is 13.0 Å². The van der Waals surface area contributed by atoms with Crippen LogP contribution in [0.25, 0.3) is 10.8 Å². The van der Waals surface area contributed by atoms with Crippen molar-refractivity contribution in [2.24, 2.45) is 5.73 Å². The Kier molecular flexibility index (Phi) is 3.93. The summed E-state index contributed by atoms with van der Waals surface area (Å²) in [6.45, 7) is 0.538. The summed E-state index contributed by atoms with van der Waals surface area (Å²) in [5.74, 6) is 0.0811. The molecule has 3 rings (SSSR count). The van der Waals surface area contributed by atoms with Gasteiger partial charge in [0.2, 0.25) is 5.91 Å². The molecule has 1 fully saturated rings. The van der Waals surface area contributed by atoms with Gasteiger partial charge < -0.3 is 11.1 Å². The van der Waals surface area contributed by atoms with Crippen LogP contribution in [0, 0.1) is 0 Å². The standard InChI is InChI=1S/C18H22N2O/c19-13-18(9-3-4-10-18)20-17(21)12-14-7-8-15-5-1-2-6-16(15)11-14/h1-2,5-8,11H,3-4,9-10,12-13,19H2,(H,20,21). The molecule has 0 aromatic heterocycles. The average molecular weight is 282 g/mol. The van der Waals surface area contributed by atoms with Gasteiger partial charge in [0.25, 0.3) is 0 Å². The van der Waals surface area contributed by atoms with Crippen LogP contribution in [0.2, 0.25) is 0 Å². The summed E-state index contributed by atoms with van der Waals surface area (Å²) in [5, 5.41) is 5.56. The van der Waals surface area contributed by atoms with E-state index in [2.05, 4.69) is 29.6 Å². The predicted octanol–water partition coefficient (Wildman–Crippen LogP) is 2.77. The molecule has 0 saturated heterocycles. The third-order valence-electron chi connectivity index (χ3n) is 4.53. The Hall–Kier alpha value is -1.87. The van der Waals surface area contributed by atoms with Gasteiger partial charge in [0.15, 0.2) is 0 Å². The first kappa shape index (κ1) is 14.1. The number of hydrogen-bond donors (Lipinski definition) is 2. The van der Waals surface area contributed by atoms with Crippen LogP contribution in [0.15, 0.2) is 42.5 Å². The highest BCUT2D eigenvalue weighted by Gasteiger charge is 2.33. The molecule has 1 aliphatic carbocycles. The summed E-state index contributed by atoms with van der Waals surface area (Å²) in [6.07, 6.45) is 4.76. The molecule has 3 N–H and O–H groups in total. The maximum absolute atomic E-state index is 12.3. The molecule has 0 bridgehead atoms. The van der Waals surface area contributed by atoms with E-state index in [4.69, 9.17) is 5.73 Å². The molecule has 2 aromatic rings. The van der Waals surface area contributed by atoms with Gasteiger partial charge in [-0.3, -0.25) is 4.79 Å². The molecule has 1 saturated carbocycles. The lowest BCUT2D eigenvalue weighted by Crippen LogP contribution is -2.52. The van der Waals surface area contributed by atoms with Gasteiger partial charge in [-0.15, -0.1) is 0 Å². The second-order valence-electron chi connectivity index (χ2n) is 6.10. The Morgan fingerprint density at radius 1 is 1.10 bits per heavy atom. The van der Waals surface area contributed by atoms with Crippen molar-refractivity contribution in [3.63, 3.8) is 0 Å². The number of carbonyl (C=O) groups is 1. The molecule has 0 atom stereocenters. The van der Waals surface area contributed by atoms with Crippen molar-refractivity contribution >= 4 is 16.7 Å². The van der Waals surface area contributed by atoms with Crippen LogP contribution in [0.4, 0.5) is 0 Å². The van der Waals surface area contributed by atoms with E-state index < -0.39 is 0 Å². The zero-order chi connectivity index (χ0) is 14.7. The minimum atomic E-state index is -0.159. The Morgan fingerprint density at radius 3 is 2.52 bits per heavy atom. The molecule has 0 aliphatic heterocycles. The Morgan fingerprint density at radius 2 is 1.81 bits per heavy atom. The normalized spacial score (nSPS) is 17.0. The topological polar surface area (TPSA) is 55.1 Å². The predicted molar refractivity (Wildman–Crippen MR) is 86.0 cm³/mol. The van der Waals surface area contributed by atoms with Crippen molar-refractivity contribution in [1.29, 1.82) is 0 Å². The number of amides is 1. The quantitative estimate of drug-likeness (QED) is 0.906. The van der Waals surface area contributed by atoms with Crippen LogP contribution in [0.1, 0.15) is 31.2 Å². The summed E-state index contributed by atoms with van der Waals surface area (Å²) in [4.78, 5) is 12.3. The molecule has 1 aliphatic rings. The smallest absolute Gasteiger partial charge is 0.224 e. The second kappa shape index (κ2) is 5.86. The van der Waals surface area contributed by atoms with E-state index in [0.717, 1.165) is 31.2 Å². The number of nitrogens with one attached hydrogen (secondary N) is 1. The Labute approximate surface area is 125 Å². The van der Waals surface area contributed by atoms with Gasteiger partial charge in [0, 0.05) is 6.54 Å². The van der Waals surface area contributed by atoms with Crippen LogP contribution >= 0.6 is 0 Å². The van der Waals surface area contributed by atoms with E-state index >= 15 is 0 Å². The van der Waals surface area contributed by atoms with Gasteiger partial charge in [0.1, 0.15) is 0 Å². The fourth-order valence-electron chi connectivity index (χ4n) is 3.31. The Balaban J connectivity index is 1.71. The number of nitrogens with two attached hydrogens (primary N) is 1. The highest BCUT2D eigenvalue weighted by atomic mass is 16.1. The number of hydrogen-bond acceptors (Lipinski definition) is 2. The molecule has 0 radical (unpaired) electrons. The van der Waals surface area contributed by atoms with Gasteiger partial charge in [-0.1, -0.05) is 55.3 Å². The van der Waals surface area contributed by atoms with Crippen molar-refractivity contribution in [3.8, 4) is 0 Å². The molecule has 3 nitrogen and oxygen atoms in total. The molecule has 0 unspecified atom stereocenters. The summed E-state index contributed by atoms with van der Waals surface area (Å²) < 4.78 is 0.